The Labute approximate surface area is 581 Å². The first-order valence-corrected chi connectivity index (χ1v) is 32.4. The maximum absolute atomic E-state index is 14.6. The van der Waals surface area contributed by atoms with Gasteiger partial charge < -0.3 is 105 Å². The van der Waals surface area contributed by atoms with E-state index in [0.717, 1.165) is 13.8 Å². The van der Waals surface area contributed by atoms with E-state index in [1.165, 1.54) is 56.9 Å². The fourth-order valence-electron chi connectivity index (χ4n) is 9.92. The second kappa shape index (κ2) is 43.1. The van der Waals surface area contributed by atoms with Crippen molar-refractivity contribution in [1.82, 2.24) is 58.1 Å². The number of nitrogens with one attached hydrogen (secondary N) is 10. The molecule has 0 aliphatic carbocycles. The minimum absolute atomic E-state index is 0.0331. The van der Waals surface area contributed by atoms with E-state index in [1.54, 1.807) is 27.7 Å². The molecule has 0 aromatic heterocycles. The zero-order valence-corrected chi connectivity index (χ0v) is 57.8. The Balaban J connectivity index is 0.0000124. The summed E-state index contributed by atoms with van der Waals surface area (Å²) in [7, 11) is 0. The molecule has 1 aliphatic rings. The molecule has 1 aromatic rings. The van der Waals surface area contributed by atoms with Gasteiger partial charge >= 0.3 is 29.8 Å². The van der Waals surface area contributed by atoms with E-state index in [-0.39, 0.29) is 49.5 Å². The van der Waals surface area contributed by atoms with Crippen molar-refractivity contribution in [2.24, 2.45) is 35.1 Å². The number of phenols is 1. The molecule has 0 radical (unpaired) electrons. The Morgan fingerprint density at radius 1 is 0.495 bits per heavy atom. The van der Waals surface area contributed by atoms with Crippen molar-refractivity contribution in [2.75, 3.05) is 6.54 Å². The van der Waals surface area contributed by atoms with E-state index in [9.17, 15) is 107 Å². The largest absolute Gasteiger partial charge is 0.508 e. The van der Waals surface area contributed by atoms with E-state index >= 15 is 0 Å². The normalized spacial score (nSPS) is 16.1. The van der Waals surface area contributed by atoms with Crippen LogP contribution in [0.25, 0.3) is 0 Å². The number of nitrogens with two attached hydrogens (primary N) is 2. The highest BCUT2D eigenvalue weighted by atomic mass is 16.4. The van der Waals surface area contributed by atoms with Crippen LogP contribution in [0.2, 0.25) is 0 Å². The summed E-state index contributed by atoms with van der Waals surface area (Å²) < 4.78 is 0. The molecule has 1 heterocycles. The van der Waals surface area contributed by atoms with Gasteiger partial charge in [-0.2, -0.15) is 0 Å². The van der Waals surface area contributed by atoms with Gasteiger partial charge in [-0.3, -0.25) is 81.5 Å². The topological polar surface area (TPSA) is 624 Å². The SMILES string of the molecule is CC(=O)O.CCC(C)C(NC(=O)C(CC(C)C)NC(=O)C(Cc1ccc(O)cc1)NC(=O)C(CCC(=O)O)NC(=O)C(CC(=O)O)NC(=O)C(C)NC(=O)C(CC(=O)O)NC(=O)C(NC(=O)C(NC(=O)C(N)CC(=O)O)C(C)C)C(C)C)C(=O)N1CCCC1C(=O)NC(CCC(N)=O)C(=O)O. The summed E-state index contributed by atoms with van der Waals surface area (Å²) in [5.74, 6) is -23.8. The number of phenolic OH excluding ortho intramolecular Hbond substituents is 1. The second-order valence-corrected chi connectivity index (χ2v) is 25.3. The molecule has 12 amide bonds. The fourth-order valence-corrected chi connectivity index (χ4v) is 9.92. The van der Waals surface area contributed by atoms with Crippen LogP contribution in [0.5, 0.6) is 5.75 Å². The summed E-state index contributed by atoms with van der Waals surface area (Å²) in [6.07, 6.45) is -5.17. The van der Waals surface area contributed by atoms with Crippen molar-refractivity contribution in [3.63, 3.8) is 0 Å². The maximum Gasteiger partial charge on any atom is 0.326 e. The number of carbonyl (C=O) groups is 18. The van der Waals surface area contributed by atoms with Gasteiger partial charge in [-0.15, -0.1) is 0 Å². The summed E-state index contributed by atoms with van der Waals surface area (Å²) in [6, 6.07) is -14.3. The number of benzene rings is 1. The standard InChI is InChI=1S/C61H93N13O23.C2H4O2/c1-10-30(8)49(60(95)74-21-11-12-41(74)57(92)66-36(61(96)97)17-19-42(63)76)73-56(91)37(22-27(2)3)68-54(89)38(23-32-13-15-33(75)16-14-32)69-52(87)35(18-20-43(77)78)65-55(90)40(26-46(83)84)67-50(85)31(9)64-53(88)39(25-45(81)82)70-58(93)47(28(4)5)72-59(94)48(29(6)7)71-51(86)34(62)24-44(79)80;1-2(3)4/h13-16,27-31,34-41,47-49,75H,10-12,17-26,62H2,1-9H3,(H2,63,76)(H,64,88)(H,65,90)(H,66,92)(H,67,85)(H,68,89)(H,69,87)(H,70,93)(H,71,86)(H,72,94)(H,73,91)(H,77,78)(H,79,80)(H,81,82)(H,83,84)(H,96,97);1H3,(H,3,4). The number of aromatic hydroxyl groups is 1. The zero-order valence-electron chi connectivity index (χ0n) is 57.8. The summed E-state index contributed by atoms with van der Waals surface area (Å²) in [5.41, 5.74) is 11.1. The number of carbonyl (C=O) groups excluding carboxylic acids is 12. The predicted molar refractivity (Wildman–Crippen MR) is 351 cm³/mol. The molecule has 13 atom stereocenters. The highest BCUT2D eigenvalue weighted by Gasteiger charge is 2.42. The number of hydrogen-bond acceptors (Lipinski definition) is 20. The van der Waals surface area contributed by atoms with E-state index in [0.29, 0.717) is 12.8 Å². The van der Waals surface area contributed by atoms with Crippen LogP contribution in [0.1, 0.15) is 145 Å². The molecule has 0 saturated carbocycles. The number of amides is 12. The highest BCUT2D eigenvalue weighted by Crippen LogP contribution is 2.23. The zero-order chi connectivity index (χ0) is 77.5. The first-order chi connectivity index (χ1) is 46.9. The highest BCUT2D eigenvalue weighted by molar-refractivity contribution is 6.01. The van der Waals surface area contributed by atoms with Crippen LogP contribution in [0.15, 0.2) is 24.3 Å². The van der Waals surface area contributed by atoms with Gasteiger partial charge in [-0.1, -0.05) is 73.9 Å². The van der Waals surface area contributed by atoms with Crippen LogP contribution < -0.4 is 64.6 Å². The lowest BCUT2D eigenvalue weighted by molar-refractivity contribution is -0.146. The van der Waals surface area contributed by atoms with Crippen LogP contribution in [0.4, 0.5) is 0 Å². The lowest BCUT2D eigenvalue weighted by Crippen LogP contribution is -2.61. The van der Waals surface area contributed by atoms with Gasteiger partial charge in [0.15, 0.2) is 0 Å². The van der Waals surface area contributed by atoms with E-state index in [4.69, 9.17) is 26.5 Å². The number of aliphatic carboxylic acids is 6. The molecular formula is C63H97N13O25. The first kappa shape index (κ1) is 88.5. The fraction of sp³-hybridized carbons (Fsp3) is 0.619. The molecule has 101 heavy (non-hydrogen) atoms. The average molecular weight is 1440 g/mol. The predicted octanol–water partition coefficient (Wildman–Crippen LogP) is -3.75. The van der Waals surface area contributed by atoms with Crippen LogP contribution in [-0.4, -0.2) is 226 Å². The molecule has 0 spiro atoms. The molecular weight excluding hydrogens is 1340 g/mol. The van der Waals surface area contributed by atoms with Gasteiger partial charge in [0, 0.05) is 32.7 Å². The number of nitrogens with zero attached hydrogens (tertiary/aromatic N) is 1. The molecule has 38 heteroatoms. The van der Waals surface area contributed by atoms with Gasteiger partial charge in [0.05, 0.1) is 25.3 Å². The minimum atomic E-state index is -2.13. The number of likely N-dealkylation sites (tertiary alicyclic amines) is 1. The quantitative estimate of drug-likeness (QED) is 0.0299. The molecule has 1 aliphatic heterocycles. The van der Waals surface area contributed by atoms with E-state index in [2.05, 4.69) is 53.2 Å². The maximum atomic E-state index is 14.6. The van der Waals surface area contributed by atoms with E-state index in [1.807, 2.05) is 0 Å². The van der Waals surface area contributed by atoms with Crippen LogP contribution >= 0.6 is 0 Å². The third-order valence-electron chi connectivity index (χ3n) is 15.5. The number of hydrogen-bond donors (Lipinski definition) is 19. The summed E-state index contributed by atoms with van der Waals surface area (Å²) in [4.78, 5) is 233. The molecule has 21 N–H and O–H groups in total. The molecule has 564 valence electrons. The smallest absolute Gasteiger partial charge is 0.326 e. The number of primary amides is 1. The van der Waals surface area contributed by atoms with Crippen molar-refractivity contribution >= 4 is 107 Å². The van der Waals surface area contributed by atoms with Crippen molar-refractivity contribution in [3.05, 3.63) is 29.8 Å². The van der Waals surface area contributed by atoms with Gasteiger partial charge in [-0.05, 0) is 80.4 Å². The molecule has 1 aromatic carbocycles. The first-order valence-electron chi connectivity index (χ1n) is 32.4. The van der Waals surface area contributed by atoms with Crippen molar-refractivity contribution in [1.29, 1.82) is 0 Å². The lowest BCUT2D eigenvalue weighted by Gasteiger charge is -2.33. The third kappa shape index (κ3) is 32.3. The Kier molecular flexibility index (Phi) is 37.7. The molecule has 38 nitrogen and oxygen atoms in total. The van der Waals surface area contributed by atoms with Gasteiger partial charge in [0.2, 0.25) is 70.9 Å². The molecule has 1 fully saturated rings. The summed E-state index contributed by atoms with van der Waals surface area (Å²) in [5, 5.41) is 89.0. The van der Waals surface area contributed by atoms with Gasteiger partial charge in [0.1, 0.15) is 72.2 Å². The third-order valence-corrected chi connectivity index (χ3v) is 15.5. The average Bonchev–Trinajstić information content (AvgIpc) is 1.75. The van der Waals surface area contributed by atoms with Crippen molar-refractivity contribution < 1.29 is 122 Å². The number of rotatable bonds is 42. The van der Waals surface area contributed by atoms with Crippen LogP contribution in [-0.2, 0) is 92.7 Å². The molecule has 13 unspecified atom stereocenters. The Morgan fingerprint density at radius 3 is 1.40 bits per heavy atom. The minimum Gasteiger partial charge on any atom is -0.508 e. The Morgan fingerprint density at radius 2 is 0.921 bits per heavy atom. The summed E-state index contributed by atoms with van der Waals surface area (Å²) >= 11 is 0. The van der Waals surface area contributed by atoms with Crippen LogP contribution in [0.3, 0.4) is 0 Å². The number of carboxylic acids is 6. The summed E-state index contributed by atoms with van der Waals surface area (Å²) in [6.45, 7) is 14.8. The monoisotopic (exact) mass is 1440 g/mol. The van der Waals surface area contributed by atoms with Crippen molar-refractivity contribution in [3.8, 4) is 5.75 Å². The van der Waals surface area contributed by atoms with Gasteiger partial charge in [0.25, 0.3) is 5.97 Å². The lowest BCUT2D eigenvalue weighted by atomic mass is 9.95. The molecule has 2 rings (SSSR count). The van der Waals surface area contributed by atoms with Gasteiger partial charge in [-0.25, -0.2) is 4.79 Å². The molecule has 1 saturated heterocycles. The molecule has 0 bridgehead atoms. The Hall–Kier alpha value is -10.6. The van der Waals surface area contributed by atoms with Crippen LogP contribution in [0, 0.1) is 23.7 Å². The van der Waals surface area contributed by atoms with Crippen molar-refractivity contribution in [2.45, 2.75) is 219 Å². The van der Waals surface area contributed by atoms with E-state index < -0.39 is 235 Å². The number of carboxylic acid groups (broad SMARTS) is 6. The Bertz CT molecular complexity index is 3140. The second-order valence-electron chi connectivity index (χ2n) is 25.3.